The van der Waals surface area contributed by atoms with Gasteiger partial charge in [-0.15, -0.1) is 5.10 Å². The number of aliphatic hydroxyl groups excluding tert-OH is 1. The molecule has 0 fully saturated rings. The van der Waals surface area contributed by atoms with Crippen LogP contribution in [0.25, 0.3) is 5.65 Å². The molecule has 1 N–H and O–H groups in total. The summed E-state index contributed by atoms with van der Waals surface area (Å²) in [5, 5.41) is 21.4. The monoisotopic (exact) mass is 295 g/mol. The Labute approximate surface area is 125 Å². The SMILES string of the molecule is O=C(c1ccc2nnnn2c1)N1Cc2ccccc2C(O)C1. The number of benzene rings is 1. The summed E-state index contributed by atoms with van der Waals surface area (Å²) in [7, 11) is 0. The highest BCUT2D eigenvalue weighted by molar-refractivity contribution is 5.94. The highest BCUT2D eigenvalue weighted by Gasteiger charge is 2.27. The van der Waals surface area contributed by atoms with Crippen molar-refractivity contribution >= 4 is 11.6 Å². The molecule has 1 amide bonds. The van der Waals surface area contributed by atoms with Crippen LogP contribution in [0.4, 0.5) is 0 Å². The van der Waals surface area contributed by atoms with Gasteiger partial charge < -0.3 is 10.0 Å². The standard InChI is InChI=1S/C15H13N5O2/c21-13-9-19(7-10-3-1-2-4-12(10)13)15(22)11-5-6-14-16-17-18-20(14)8-11/h1-6,8,13,21H,7,9H2. The van der Waals surface area contributed by atoms with Gasteiger partial charge in [0, 0.05) is 12.7 Å². The summed E-state index contributed by atoms with van der Waals surface area (Å²) in [6, 6.07) is 11.0. The third-order valence-electron chi connectivity index (χ3n) is 3.89. The fraction of sp³-hybridized carbons (Fsp3) is 0.200. The van der Waals surface area contributed by atoms with Gasteiger partial charge in [0.15, 0.2) is 5.65 Å². The van der Waals surface area contributed by atoms with Gasteiger partial charge in [-0.25, -0.2) is 0 Å². The Morgan fingerprint density at radius 1 is 1.23 bits per heavy atom. The van der Waals surface area contributed by atoms with E-state index in [0.717, 1.165) is 11.1 Å². The minimum atomic E-state index is -0.661. The van der Waals surface area contributed by atoms with Gasteiger partial charge in [0.25, 0.3) is 5.91 Å². The first kappa shape index (κ1) is 12.9. The summed E-state index contributed by atoms with van der Waals surface area (Å²) in [5.74, 6) is -0.147. The largest absolute Gasteiger partial charge is 0.387 e. The molecule has 0 aliphatic carbocycles. The van der Waals surface area contributed by atoms with Crippen molar-refractivity contribution in [2.45, 2.75) is 12.6 Å². The van der Waals surface area contributed by atoms with Gasteiger partial charge in [-0.3, -0.25) is 4.79 Å². The van der Waals surface area contributed by atoms with Crippen LogP contribution in [0, 0.1) is 0 Å². The van der Waals surface area contributed by atoms with Gasteiger partial charge in [-0.2, -0.15) is 4.52 Å². The smallest absolute Gasteiger partial charge is 0.255 e. The molecule has 7 nitrogen and oxygen atoms in total. The lowest BCUT2D eigenvalue weighted by Gasteiger charge is -2.32. The Morgan fingerprint density at radius 2 is 2.09 bits per heavy atom. The molecule has 1 atom stereocenters. The van der Waals surface area contributed by atoms with E-state index in [9.17, 15) is 9.90 Å². The normalized spacial score (nSPS) is 17.5. The van der Waals surface area contributed by atoms with Crippen LogP contribution in [0.15, 0.2) is 42.6 Å². The summed E-state index contributed by atoms with van der Waals surface area (Å²) >= 11 is 0. The molecular formula is C15H13N5O2. The first-order valence-corrected chi connectivity index (χ1v) is 6.95. The van der Waals surface area contributed by atoms with Crippen molar-refractivity contribution in [3.8, 4) is 0 Å². The molecule has 22 heavy (non-hydrogen) atoms. The number of tetrazole rings is 1. The second-order valence-electron chi connectivity index (χ2n) is 5.30. The van der Waals surface area contributed by atoms with Gasteiger partial charge >= 0.3 is 0 Å². The van der Waals surface area contributed by atoms with Crippen LogP contribution in [0.3, 0.4) is 0 Å². The number of aromatic nitrogens is 4. The van der Waals surface area contributed by atoms with Gasteiger partial charge in [0.1, 0.15) is 0 Å². The second-order valence-corrected chi connectivity index (χ2v) is 5.30. The van der Waals surface area contributed by atoms with E-state index in [1.54, 1.807) is 23.2 Å². The Balaban J connectivity index is 1.66. The highest BCUT2D eigenvalue weighted by atomic mass is 16.3. The topological polar surface area (TPSA) is 83.6 Å². The van der Waals surface area contributed by atoms with E-state index in [0.29, 0.717) is 17.8 Å². The van der Waals surface area contributed by atoms with E-state index in [1.807, 2.05) is 24.3 Å². The maximum atomic E-state index is 12.7. The molecule has 0 spiro atoms. The van der Waals surface area contributed by atoms with Crippen LogP contribution >= 0.6 is 0 Å². The van der Waals surface area contributed by atoms with Gasteiger partial charge in [-0.1, -0.05) is 24.3 Å². The Kier molecular flexibility index (Phi) is 2.87. The molecule has 3 aromatic rings. The molecule has 3 heterocycles. The van der Waals surface area contributed by atoms with Gasteiger partial charge in [-0.05, 0) is 33.7 Å². The van der Waals surface area contributed by atoms with Crippen LogP contribution in [0.5, 0.6) is 0 Å². The molecule has 0 saturated heterocycles. The molecular weight excluding hydrogens is 282 g/mol. The zero-order valence-electron chi connectivity index (χ0n) is 11.6. The number of β-amino-alcohol motifs (C(OH)–C–C–N with tert-alkyl or cyclic N) is 1. The van der Waals surface area contributed by atoms with Crippen molar-refractivity contribution in [3.63, 3.8) is 0 Å². The highest BCUT2D eigenvalue weighted by Crippen LogP contribution is 2.27. The fourth-order valence-corrected chi connectivity index (χ4v) is 2.79. The number of carbonyl (C=O) groups excluding carboxylic acids is 1. The van der Waals surface area contributed by atoms with Gasteiger partial charge in [0.2, 0.25) is 0 Å². The van der Waals surface area contributed by atoms with Crippen LogP contribution < -0.4 is 0 Å². The first-order chi connectivity index (χ1) is 10.7. The van der Waals surface area contributed by atoms with E-state index in [2.05, 4.69) is 15.5 Å². The third kappa shape index (κ3) is 2.03. The molecule has 4 rings (SSSR count). The van der Waals surface area contributed by atoms with Crippen molar-refractivity contribution in [1.82, 2.24) is 24.9 Å². The number of hydrogen-bond donors (Lipinski definition) is 1. The summed E-state index contributed by atoms with van der Waals surface area (Å²) in [4.78, 5) is 14.3. The predicted octanol–water partition coefficient (Wildman–Crippen LogP) is 0.814. The van der Waals surface area contributed by atoms with Gasteiger partial charge in [0.05, 0.1) is 18.2 Å². The zero-order valence-corrected chi connectivity index (χ0v) is 11.6. The molecule has 1 unspecified atom stereocenters. The maximum Gasteiger partial charge on any atom is 0.255 e. The van der Waals surface area contributed by atoms with Crippen LogP contribution in [0.1, 0.15) is 27.6 Å². The number of aliphatic hydroxyl groups is 1. The number of fused-ring (bicyclic) bond motifs is 2. The number of hydrogen-bond acceptors (Lipinski definition) is 5. The number of nitrogens with zero attached hydrogens (tertiary/aromatic N) is 5. The van der Waals surface area contributed by atoms with Crippen LogP contribution in [-0.2, 0) is 6.54 Å². The summed E-state index contributed by atoms with van der Waals surface area (Å²) in [6.07, 6.45) is 0.940. The van der Waals surface area contributed by atoms with E-state index >= 15 is 0 Å². The maximum absolute atomic E-state index is 12.7. The molecule has 0 saturated carbocycles. The Bertz CT molecular complexity index is 860. The Hall–Kier alpha value is -2.80. The second kappa shape index (κ2) is 4.88. The molecule has 7 heteroatoms. The third-order valence-corrected chi connectivity index (χ3v) is 3.89. The molecule has 1 aliphatic rings. The Morgan fingerprint density at radius 3 is 3.00 bits per heavy atom. The fourth-order valence-electron chi connectivity index (χ4n) is 2.79. The first-order valence-electron chi connectivity index (χ1n) is 6.95. The van der Waals surface area contributed by atoms with E-state index < -0.39 is 6.10 Å². The lowest BCUT2D eigenvalue weighted by Crippen LogP contribution is -2.38. The van der Waals surface area contributed by atoms with Crippen LogP contribution in [0.2, 0.25) is 0 Å². The quantitative estimate of drug-likeness (QED) is 0.718. The van der Waals surface area contributed by atoms with Crippen molar-refractivity contribution < 1.29 is 9.90 Å². The molecule has 110 valence electrons. The van der Waals surface area contributed by atoms with E-state index in [-0.39, 0.29) is 12.5 Å². The zero-order chi connectivity index (χ0) is 15.1. The lowest BCUT2D eigenvalue weighted by atomic mass is 9.97. The predicted molar refractivity (Wildman–Crippen MR) is 76.9 cm³/mol. The lowest BCUT2D eigenvalue weighted by molar-refractivity contribution is 0.0549. The minimum absolute atomic E-state index is 0.147. The average Bonchev–Trinajstić information content (AvgIpc) is 3.01. The molecule has 0 bridgehead atoms. The van der Waals surface area contributed by atoms with Crippen molar-refractivity contribution in [1.29, 1.82) is 0 Å². The average molecular weight is 295 g/mol. The number of pyridine rings is 1. The number of rotatable bonds is 1. The molecule has 2 aromatic heterocycles. The van der Waals surface area contributed by atoms with Crippen molar-refractivity contribution in [2.75, 3.05) is 6.54 Å². The van der Waals surface area contributed by atoms with Crippen molar-refractivity contribution in [3.05, 3.63) is 59.3 Å². The van der Waals surface area contributed by atoms with E-state index in [4.69, 9.17) is 0 Å². The van der Waals surface area contributed by atoms with E-state index in [1.165, 1.54) is 4.52 Å². The van der Waals surface area contributed by atoms with Crippen molar-refractivity contribution in [2.24, 2.45) is 0 Å². The molecule has 1 aliphatic heterocycles. The summed E-state index contributed by atoms with van der Waals surface area (Å²) in [6.45, 7) is 0.767. The van der Waals surface area contributed by atoms with Crippen LogP contribution in [-0.4, -0.2) is 42.5 Å². The minimum Gasteiger partial charge on any atom is -0.387 e. The molecule has 1 aromatic carbocycles. The summed E-state index contributed by atoms with van der Waals surface area (Å²) in [5.41, 5.74) is 2.94. The summed E-state index contributed by atoms with van der Waals surface area (Å²) < 4.78 is 1.46. The molecule has 0 radical (unpaired) electrons. The number of carbonyl (C=O) groups is 1. The number of amides is 1.